The molecular formula is C10H8F2N2O2. The Morgan fingerprint density at radius 1 is 1.62 bits per heavy atom. The van der Waals surface area contributed by atoms with Gasteiger partial charge >= 0.3 is 5.97 Å². The van der Waals surface area contributed by atoms with Gasteiger partial charge in [-0.2, -0.15) is 5.26 Å². The van der Waals surface area contributed by atoms with Crippen LogP contribution >= 0.6 is 0 Å². The highest BCUT2D eigenvalue weighted by Gasteiger charge is 2.17. The number of esters is 1. The van der Waals surface area contributed by atoms with E-state index < -0.39 is 12.4 Å². The number of carbonyl (C=O) groups is 1. The van der Waals surface area contributed by atoms with Crippen molar-refractivity contribution in [1.29, 1.82) is 5.26 Å². The van der Waals surface area contributed by atoms with Crippen LogP contribution in [0, 0.1) is 11.3 Å². The molecule has 1 aromatic rings. The van der Waals surface area contributed by atoms with Crippen molar-refractivity contribution in [3.05, 3.63) is 29.1 Å². The summed E-state index contributed by atoms with van der Waals surface area (Å²) >= 11 is 0. The average molecular weight is 226 g/mol. The number of alkyl halides is 2. The van der Waals surface area contributed by atoms with Crippen LogP contribution in [0.15, 0.2) is 12.1 Å². The molecule has 0 aliphatic rings. The summed E-state index contributed by atoms with van der Waals surface area (Å²) in [6.45, 7) is 0. The highest BCUT2D eigenvalue weighted by molar-refractivity contribution is 5.72. The maximum atomic E-state index is 12.5. The zero-order valence-electron chi connectivity index (χ0n) is 8.41. The summed E-state index contributed by atoms with van der Waals surface area (Å²) in [5.41, 5.74) is -0.492. The Kier molecular flexibility index (Phi) is 3.89. The number of aromatic nitrogens is 1. The van der Waals surface area contributed by atoms with Crippen LogP contribution in [-0.2, 0) is 16.0 Å². The van der Waals surface area contributed by atoms with Crippen LogP contribution in [0.5, 0.6) is 0 Å². The van der Waals surface area contributed by atoms with E-state index in [0.717, 1.165) is 13.2 Å². The van der Waals surface area contributed by atoms with Crippen molar-refractivity contribution in [1.82, 2.24) is 4.98 Å². The Bertz CT molecular complexity index is 441. The van der Waals surface area contributed by atoms with E-state index >= 15 is 0 Å². The van der Waals surface area contributed by atoms with Crippen molar-refractivity contribution >= 4 is 5.97 Å². The first-order valence-corrected chi connectivity index (χ1v) is 4.33. The van der Waals surface area contributed by atoms with E-state index in [1.54, 1.807) is 6.07 Å². The molecule has 0 fully saturated rings. The van der Waals surface area contributed by atoms with Gasteiger partial charge in [-0.1, -0.05) is 0 Å². The number of methoxy groups -OCH3 is 1. The predicted molar refractivity (Wildman–Crippen MR) is 49.6 cm³/mol. The smallest absolute Gasteiger partial charge is 0.311 e. The number of hydrogen-bond donors (Lipinski definition) is 0. The molecule has 0 aliphatic carbocycles. The van der Waals surface area contributed by atoms with E-state index in [4.69, 9.17) is 5.26 Å². The summed E-state index contributed by atoms with van der Waals surface area (Å²) < 4.78 is 29.4. The van der Waals surface area contributed by atoms with Gasteiger partial charge in [-0.3, -0.25) is 4.79 Å². The summed E-state index contributed by atoms with van der Waals surface area (Å²) in [5, 5.41) is 8.57. The Balaban J connectivity index is 3.11. The van der Waals surface area contributed by atoms with Gasteiger partial charge in [0.2, 0.25) is 0 Å². The van der Waals surface area contributed by atoms with Gasteiger partial charge in [-0.15, -0.1) is 0 Å². The molecule has 0 aliphatic heterocycles. The van der Waals surface area contributed by atoms with Crippen molar-refractivity contribution in [3.8, 4) is 6.07 Å². The van der Waals surface area contributed by atoms with E-state index in [-0.39, 0.29) is 23.4 Å². The molecule has 0 amide bonds. The molecule has 4 nitrogen and oxygen atoms in total. The van der Waals surface area contributed by atoms with Gasteiger partial charge in [-0.25, -0.2) is 13.8 Å². The number of halogens is 2. The molecule has 0 saturated heterocycles. The third-order valence-corrected chi connectivity index (χ3v) is 1.90. The summed E-state index contributed by atoms with van der Waals surface area (Å²) in [6.07, 6.45) is -3.11. The van der Waals surface area contributed by atoms with E-state index in [1.807, 2.05) is 0 Å². The van der Waals surface area contributed by atoms with Crippen molar-refractivity contribution in [3.63, 3.8) is 0 Å². The van der Waals surface area contributed by atoms with E-state index in [0.29, 0.717) is 0 Å². The number of nitriles is 1. The van der Waals surface area contributed by atoms with Crippen LogP contribution in [-0.4, -0.2) is 18.1 Å². The Hall–Kier alpha value is -2.03. The number of hydrogen-bond acceptors (Lipinski definition) is 4. The first-order valence-electron chi connectivity index (χ1n) is 4.33. The molecule has 16 heavy (non-hydrogen) atoms. The molecule has 1 heterocycles. The molecule has 0 aromatic carbocycles. The Labute approximate surface area is 90.5 Å². The fourth-order valence-electron chi connectivity index (χ4n) is 1.12. The Morgan fingerprint density at radius 2 is 2.31 bits per heavy atom. The molecule has 0 unspecified atom stereocenters. The van der Waals surface area contributed by atoms with Crippen molar-refractivity contribution in [2.24, 2.45) is 0 Å². The van der Waals surface area contributed by atoms with E-state index in [1.165, 1.54) is 6.07 Å². The normalized spacial score (nSPS) is 9.94. The highest BCUT2D eigenvalue weighted by atomic mass is 19.3. The summed E-state index contributed by atoms with van der Waals surface area (Å²) in [5.74, 6) is -0.676. The van der Waals surface area contributed by atoms with Crippen molar-refractivity contribution < 1.29 is 18.3 Å². The first-order chi connectivity index (χ1) is 7.58. The lowest BCUT2D eigenvalue weighted by Gasteiger charge is -2.06. The maximum absolute atomic E-state index is 12.5. The third-order valence-electron chi connectivity index (χ3n) is 1.90. The molecule has 0 spiro atoms. The minimum absolute atomic E-state index is 0.0108. The molecule has 6 heteroatoms. The van der Waals surface area contributed by atoms with Gasteiger partial charge < -0.3 is 4.74 Å². The van der Waals surface area contributed by atoms with E-state index in [9.17, 15) is 13.6 Å². The monoisotopic (exact) mass is 226 g/mol. The second-order valence-electron chi connectivity index (χ2n) is 2.90. The molecule has 1 rings (SSSR count). The van der Waals surface area contributed by atoms with Crippen LogP contribution < -0.4 is 0 Å². The lowest BCUT2D eigenvalue weighted by Crippen LogP contribution is -2.10. The van der Waals surface area contributed by atoms with Gasteiger partial charge in [0.05, 0.1) is 19.2 Å². The minimum atomic E-state index is -2.74. The molecular weight excluding hydrogens is 218 g/mol. The minimum Gasteiger partial charge on any atom is -0.469 e. The number of pyridine rings is 1. The van der Waals surface area contributed by atoms with Crippen LogP contribution in [0.4, 0.5) is 8.78 Å². The van der Waals surface area contributed by atoms with Crippen molar-refractivity contribution in [2.75, 3.05) is 7.11 Å². The van der Waals surface area contributed by atoms with Crippen molar-refractivity contribution in [2.45, 2.75) is 12.8 Å². The fraction of sp³-hybridized carbons (Fsp3) is 0.300. The average Bonchev–Trinajstić information content (AvgIpc) is 2.28. The highest BCUT2D eigenvalue weighted by Crippen LogP contribution is 2.22. The van der Waals surface area contributed by atoms with E-state index in [2.05, 4.69) is 9.72 Å². The summed E-state index contributed by atoms with van der Waals surface area (Å²) in [6, 6.07) is 3.99. The number of nitrogens with zero attached hydrogens (tertiary/aromatic N) is 2. The van der Waals surface area contributed by atoms with Gasteiger partial charge in [-0.05, 0) is 12.1 Å². The summed E-state index contributed by atoms with van der Waals surface area (Å²) in [7, 11) is 1.15. The standard InChI is InChI=1S/C10H8F2N2O2/c1-16-9(15)4-8-7(10(11)12)3-2-6(5-13)14-8/h2-3,10H,4H2,1H3. The molecule has 0 radical (unpaired) electrons. The molecule has 0 atom stereocenters. The zero-order chi connectivity index (χ0) is 12.1. The van der Waals surface area contributed by atoms with Crippen LogP contribution in [0.2, 0.25) is 0 Å². The molecule has 84 valence electrons. The van der Waals surface area contributed by atoms with Gasteiger partial charge in [0, 0.05) is 5.56 Å². The SMILES string of the molecule is COC(=O)Cc1nc(C#N)ccc1C(F)F. The number of ether oxygens (including phenoxy) is 1. The maximum Gasteiger partial charge on any atom is 0.311 e. The molecule has 0 bridgehead atoms. The second-order valence-corrected chi connectivity index (χ2v) is 2.90. The molecule has 0 saturated carbocycles. The third kappa shape index (κ3) is 2.73. The zero-order valence-corrected chi connectivity index (χ0v) is 8.41. The largest absolute Gasteiger partial charge is 0.469 e. The Morgan fingerprint density at radius 3 is 2.81 bits per heavy atom. The summed E-state index contributed by atoms with van der Waals surface area (Å²) in [4.78, 5) is 14.6. The van der Waals surface area contributed by atoms with Gasteiger partial charge in [0.15, 0.2) is 0 Å². The lowest BCUT2D eigenvalue weighted by atomic mass is 10.1. The first kappa shape index (κ1) is 12.0. The predicted octanol–water partition coefficient (Wildman–Crippen LogP) is 1.61. The molecule has 1 aromatic heterocycles. The van der Waals surface area contributed by atoms with Crippen LogP contribution in [0.3, 0.4) is 0 Å². The quantitative estimate of drug-likeness (QED) is 0.734. The lowest BCUT2D eigenvalue weighted by molar-refractivity contribution is -0.139. The molecule has 0 N–H and O–H groups in total. The van der Waals surface area contributed by atoms with Crippen LogP contribution in [0.1, 0.15) is 23.4 Å². The van der Waals surface area contributed by atoms with Gasteiger partial charge in [0.25, 0.3) is 6.43 Å². The fourth-order valence-corrected chi connectivity index (χ4v) is 1.12. The van der Waals surface area contributed by atoms with Gasteiger partial charge in [0.1, 0.15) is 11.8 Å². The number of carbonyl (C=O) groups excluding carboxylic acids is 1. The number of rotatable bonds is 3. The topological polar surface area (TPSA) is 63.0 Å². The van der Waals surface area contributed by atoms with Crippen LogP contribution in [0.25, 0.3) is 0 Å². The second kappa shape index (κ2) is 5.16.